The van der Waals surface area contributed by atoms with Crippen LogP contribution in [0.25, 0.3) is 22.6 Å². The predicted octanol–water partition coefficient (Wildman–Crippen LogP) is 2.91. The lowest BCUT2D eigenvalue weighted by Crippen LogP contribution is -2.51. The molecule has 1 atom stereocenters. The van der Waals surface area contributed by atoms with Crippen LogP contribution in [0.3, 0.4) is 0 Å². The van der Waals surface area contributed by atoms with Gasteiger partial charge in [-0.05, 0) is 25.5 Å². The Labute approximate surface area is 185 Å². The summed E-state index contributed by atoms with van der Waals surface area (Å²) in [4.78, 5) is 30.9. The van der Waals surface area contributed by atoms with E-state index in [-0.39, 0.29) is 11.9 Å². The Morgan fingerprint density at radius 2 is 2.03 bits per heavy atom. The summed E-state index contributed by atoms with van der Waals surface area (Å²) >= 11 is 6.52. The van der Waals surface area contributed by atoms with E-state index in [0.717, 1.165) is 54.4 Å². The summed E-state index contributed by atoms with van der Waals surface area (Å²) in [6.07, 6.45) is 1.54. The van der Waals surface area contributed by atoms with Gasteiger partial charge >= 0.3 is 0 Å². The minimum Gasteiger partial charge on any atom is -0.383 e. The second-order valence-electron chi connectivity index (χ2n) is 8.05. The van der Waals surface area contributed by atoms with Crippen molar-refractivity contribution in [2.24, 2.45) is 0 Å². The van der Waals surface area contributed by atoms with Crippen molar-refractivity contribution in [2.45, 2.75) is 32.4 Å². The van der Waals surface area contributed by atoms with Crippen LogP contribution >= 0.6 is 11.6 Å². The predicted molar refractivity (Wildman–Crippen MR) is 119 cm³/mol. The van der Waals surface area contributed by atoms with Gasteiger partial charge in [-0.15, -0.1) is 0 Å². The molecule has 1 amide bonds. The van der Waals surface area contributed by atoms with Crippen molar-refractivity contribution in [3.8, 4) is 11.4 Å². The van der Waals surface area contributed by atoms with Crippen molar-refractivity contribution in [1.82, 2.24) is 24.4 Å². The van der Waals surface area contributed by atoms with E-state index in [2.05, 4.69) is 9.47 Å². The van der Waals surface area contributed by atoms with Crippen LogP contribution in [-0.2, 0) is 16.1 Å². The highest BCUT2D eigenvalue weighted by molar-refractivity contribution is 6.33. The molecule has 0 N–H and O–H groups in total. The third-order valence-electron chi connectivity index (χ3n) is 6.12. The Kier molecular flexibility index (Phi) is 5.27. The Morgan fingerprint density at radius 1 is 1.19 bits per heavy atom. The number of amides is 1. The van der Waals surface area contributed by atoms with Gasteiger partial charge in [0.1, 0.15) is 11.6 Å². The van der Waals surface area contributed by atoms with Gasteiger partial charge in [0.25, 0.3) is 0 Å². The Morgan fingerprint density at radius 3 is 2.84 bits per heavy atom. The van der Waals surface area contributed by atoms with Crippen molar-refractivity contribution < 1.29 is 9.53 Å². The molecule has 0 bridgehead atoms. The quantitative estimate of drug-likeness (QED) is 0.607. The van der Waals surface area contributed by atoms with Gasteiger partial charge in [-0.1, -0.05) is 23.7 Å². The summed E-state index contributed by atoms with van der Waals surface area (Å²) in [5.41, 5.74) is 2.39. The lowest BCUT2D eigenvalue weighted by molar-refractivity contribution is -0.129. The van der Waals surface area contributed by atoms with Gasteiger partial charge in [-0.25, -0.2) is 15.0 Å². The van der Waals surface area contributed by atoms with Gasteiger partial charge in [-0.2, -0.15) is 0 Å². The molecule has 162 valence electrons. The summed E-state index contributed by atoms with van der Waals surface area (Å²) < 4.78 is 7.41. The van der Waals surface area contributed by atoms with E-state index in [0.29, 0.717) is 30.4 Å². The first-order valence-corrected chi connectivity index (χ1v) is 11.0. The van der Waals surface area contributed by atoms with E-state index in [9.17, 15) is 4.79 Å². The van der Waals surface area contributed by atoms with Crippen LogP contribution in [0.2, 0.25) is 5.02 Å². The molecule has 0 aliphatic carbocycles. The number of carbonyl (C=O) groups is 1. The average molecular weight is 441 g/mol. The number of fused-ring (bicyclic) bond motifs is 2. The molecule has 0 saturated carbocycles. The molecular weight excluding hydrogens is 416 g/mol. The number of anilines is 1. The zero-order valence-corrected chi connectivity index (χ0v) is 18.5. The minimum atomic E-state index is 0.241. The molecular formula is C22H25ClN6O2. The molecule has 2 aliphatic rings. The number of piperazine rings is 1. The number of aromatic nitrogens is 4. The van der Waals surface area contributed by atoms with E-state index in [1.165, 1.54) is 0 Å². The average Bonchev–Trinajstić information content (AvgIpc) is 3.32. The zero-order chi connectivity index (χ0) is 21.5. The molecule has 3 aromatic rings. The van der Waals surface area contributed by atoms with Crippen LogP contribution in [0.15, 0.2) is 24.3 Å². The van der Waals surface area contributed by atoms with Gasteiger partial charge < -0.3 is 19.1 Å². The second kappa shape index (κ2) is 8.09. The number of imidazole rings is 1. The number of aryl methyl sites for hydroxylation is 1. The maximum absolute atomic E-state index is 12.1. The van der Waals surface area contributed by atoms with Gasteiger partial charge in [0.2, 0.25) is 5.91 Å². The number of carbonyl (C=O) groups excluding carboxylic acids is 1. The van der Waals surface area contributed by atoms with Crippen molar-refractivity contribution in [3.05, 3.63) is 35.1 Å². The van der Waals surface area contributed by atoms with Crippen molar-refractivity contribution in [2.75, 3.05) is 38.3 Å². The fraction of sp³-hybridized carbons (Fsp3) is 0.455. The third-order valence-corrected chi connectivity index (χ3v) is 6.45. The molecule has 9 heteroatoms. The Bertz CT molecular complexity index is 1150. The van der Waals surface area contributed by atoms with E-state index in [4.69, 9.17) is 31.3 Å². The molecule has 2 aromatic heterocycles. The summed E-state index contributed by atoms with van der Waals surface area (Å²) in [6, 6.07) is 7.94. The van der Waals surface area contributed by atoms with Crippen molar-refractivity contribution in [3.63, 3.8) is 0 Å². The number of methoxy groups -OCH3 is 1. The van der Waals surface area contributed by atoms with Crippen LogP contribution in [0.4, 0.5) is 5.82 Å². The summed E-state index contributed by atoms with van der Waals surface area (Å²) in [5, 5.41) is 0.640. The van der Waals surface area contributed by atoms with Gasteiger partial charge in [-0.3, -0.25) is 4.79 Å². The minimum absolute atomic E-state index is 0.241. The molecule has 2 fully saturated rings. The number of hydrogen-bond acceptors (Lipinski definition) is 6. The standard InChI is InChI=1S/C22H25ClN6O2/c1-14-24-21(27-9-10-28-15(13-27)7-8-18(28)30)19-22(25-14)29(11-12-31-2)20(26-19)16-5-3-4-6-17(16)23/h3-6,15H,7-13H2,1-2H3. The lowest BCUT2D eigenvalue weighted by atomic mass is 10.1. The van der Waals surface area contributed by atoms with Crippen LogP contribution in [0.1, 0.15) is 18.7 Å². The number of ether oxygens (including phenoxy) is 1. The van der Waals surface area contributed by atoms with Crippen molar-refractivity contribution in [1.29, 1.82) is 0 Å². The van der Waals surface area contributed by atoms with Gasteiger partial charge in [0.15, 0.2) is 17.0 Å². The first-order chi connectivity index (χ1) is 15.1. The summed E-state index contributed by atoms with van der Waals surface area (Å²) in [5.74, 6) is 2.54. The van der Waals surface area contributed by atoms with Crippen LogP contribution in [-0.4, -0.2) is 69.7 Å². The van der Waals surface area contributed by atoms with E-state index < -0.39 is 0 Å². The van der Waals surface area contributed by atoms with Crippen molar-refractivity contribution >= 4 is 34.5 Å². The van der Waals surface area contributed by atoms with E-state index in [1.807, 2.05) is 36.1 Å². The number of nitrogens with zero attached hydrogens (tertiary/aromatic N) is 6. The first kappa shape index (κ1) is 20.2. The lowest BCUT2D eigenvalue weighted by Gasteiger charge is -2.38. The molecule has 8 nitrogen and oxygen atoms in total. The smallest absolute Gasteiger partial charge is 0.223 e. The fourth-order valence-electron chi connectivity index (χ4n) is 4.61. The Balaban J connectivity index is 1.63. The molecule has 0 radical (unpaired) electrons. The molecule has 2 aliphatic heterocycles. The zero-order valence-electron chi connectivity index (χ0n) is 17.7. The largest absolute Gasteiger partial charge is 0.383 e. The summed E-state index contributed by atoms with van der Waals surface area (Å²) in [6.45, 7) is 5.26. The molecule has 1 unspecified atom stereocenters. The van der Waals surface area contributed by atoms with Crippen LogP contribution in [0.5, 0.6) is 0 Å². The SMILES string of the molecule is COCCn1c(-c2ccccc2Cl)nc2c(N3CCN4C(=O)CCC4C3)nc(C)nc21. The number of halogens is 1. The van der Waals surface area contributed by atoms with E-state index >= 15 is 0 Å². The van der Waals surface area contributed by atoms with E-state index in [1.54, 1.807) is 7.11 Å². The molecule has 4 heterocycles. The monoisotopic (exact) mass is 440 g/mol. The number of hydrogen-bond donors (Lipinski definition) is 0. The fourth-order valence-corrected chi connectivity index (χ4v) is 4.83. The first-order valence-electron chi connectivity index (χ1n) is 10.6. The highest BCUT2D eigenvalue weighted by atomic mass is 35.5. The summed E-state index contributed by atoms with van der Waals surface area (Å²) in [7, 11) is 1.68. The maximum atomic E-state index is 12.1. The molecule has 1 aromatic carbocycles. The topological polar surface area (TPSA) is 76.4 Å². The highest BCUT2D eigenvalue weighted by Crippen LogP contribution is 2.34. The molecule has 0 spiro atoms. The molecule has 5 rings (SSSR count). The highest BCUT2D eigenvalue weighted by Gasteiger charge is 2.36. The maximum Gasteiger partial charge on any atom is 0.223 e. The Hall–Kier alpha value is -2.71. The molecule has 31 heavy (non-hydrogen) atoms. The van der Waals surface area contributed by atoms with Crippen LogP contribution in [0, 0.1) is 6.92 Å². The van der Waals surface area contributed by atoms with Gasteiger partial charge in [0, 0.05) is 51.3 Å². The second-order valence-corrected chi connectivity index (χ2v) is 8.46. The number of rotatable bonds is 5. The van der Waals surface area contributed by atoms with Crippen LogP contribution < -0.4 is 4.90 Å². The normalized spacial score (nSPS) is 18.8. The van der Waals surface area contributed by atoms with Gasteiger partial charge in [0.05, 0.1) is 11.6 Å². The number of benzene rings is 1. The molecule has 2 saturated heterocycles. The third kappa shape index (κ3) is 3.53.